The number of carbonyl (C=O) groups is 2. The minimum absolute atomic E-state index is 0.130. The van der Waals surface area contributed by atoms with Gasteiger partial charge < -0.3 is 20.5 Å². The van der Waals surface area contributed by atoms with Crippen LogP contribution in [0.4, 0.5) is 4.79 Å². The van der Waals surface area contributed by atoms with E-state index in [9.17, 15) is 14.7 Å². The van der Waals surface area contributed by atoms with Gasteiger partial charge in [-0.3, -0.25) is 15.6 Å². The summed E-state index contributed by atoms with van der Waals surface area (Å²) in [5.41, 5.74) is 4.83. The van der Waals surface area contributed by atoms with E-state index in [0.717, 1.165) is 21.6 Å². The topological polar surface area (TPSA) is 130 Å². The van der Waals surface area contributed by atoms with Gasteiger partial charge in [0.15, 0.2) is 0 Å². The number of nitrogens with two attached hydrogens (primary N) is 1. The van der Waals surface area contributed by atoms with Gasteiger partial charge >= 0.3 is 6.09 Å². The van der Waals surface area contributed by atoms with Gasteiger partial charge in [-0.2, -0.15) is 0 Å². The first kappa shape index (κ1) is 28.3. The molecular weight excluding hydrogens is 490 g/mol. The fourth-order valence-corrected chi connectivity index (χ4v) is 4.57. The van der Waals surface area contributed by atoms with Crippen LogP contribution in [0, 0.1) is 5.92 Å². The number of aliphatic hydroxyl groups excluding tert-OH is 1. The van der Waals surface area contributed by atoms with Crippen molar-refractivity contribution < 1.29 is 19.4 Å². The molecule has 3 rings (SSSR count). The number of nitrogens with zero attached hydrogens (tertiary/aromatic N) is 2. The third kappa shape index (κ3) is 8.64. The number of alkyl carbamates (subject to hydrolysis) is 1. The van der Waals surface area contributed by atoms with Crippen LogP contribution in [-0.2, 0) is 22.5 Å². The lowest BCUT2D eigenvalue weighted by molar-refractivity contribution is -0.125. The maximum absolute atomic E-state index is 13.1. The van der Waals surface area contributed by atoms with E-state index >= 15 is 0 Å². The number of benzene rings is 2. The Morgan fingerprint density at radius 2 is 1.78 bits per heavy atom. The van der Waals surface area contributed by atoms with Crippen LogP contribution < -0.4 is 16.5 Å². The van der Waals surface area contributed by atoms with Crippen molar-refractivity contribution in [2.24, 2.45) is 11.8 Å². The number of aliphatic hydroxyl groups is 1. The summed E-state index contributed by atoms with van der Waals surface area (Å²) in [5, 5.41) is 18.2. The van der Waals surface area contributed by atoms with Gasteiger partial charge in [-0.25, -0.2) is 9.80 Å². The fraction of sp³-hybridized carbons (Fsp3) is 0.370. The summed E-state index contributed by atoms with van der Waals surface area (Å²) in [6.07, 6.45) is 0.575. The first-order valence-corrected chi connectivity index (χ1v) is 13.0. The van der Waals surface area contributed by atoms with E-state index in [1.165, 1.54) is 12.1 Å². The van der Waals surface area contributed by atoms with Gasteiger partial charge in [0, 0.05) is 19.3 Å². The number of methoxy groups -OCH3 is 1. The highest BCUT2D eigenvalue weighted by Crippen LogP contribution is 2.23. The minimum atomic E-state index is -0.962. The summed E-state index contributed by atoms with van der Waals surface area (Å²) in [7, 11) is 1.25. The van der Waals surface area contributed by atoms with Crippen molar-refractivity contribution in [2.45, 2.75) is 45.0 Å². The van der Waals surface area contributed by atoms with Crippen molar-refractivity contribution in [3.05, 3.63) is 77.4 Å². The second-order valence-corrected chi connectivity index (χ2v) is 10.1. The van der Waals surface area contributed by atoms with E-state index in [0.29, 0.717) is 13.0 Å². The van der Waals surface area contributed by atoms with Gasteiger partial charge in [-0.15, -0.1) is 11.3 Å². The third-order valence-corrected chi connectivity index (χ3v) is 6.80. The average molecular weight is 526 g/mol. The molecule has 0 radical (unpaired) electrons. The monoisotopic (exact) mass is 525 g/mol. The van der Waals surface area contributed by atoms with E-state index in [-0.39, 0.29) is 12.5 Å². The van der Waals surface area contributed by atoms with Crippen LogP contribution in [-0.4, -0.2) is 58.9 Å². The van der Waals surface area contributed by atoms with Crippen molar-refractivity contribution in [2.75, 3.05) is 13.7 Å². The Bertz CT molecular complexity index is 1110. The van der Waals surface area contributed by atoms with Gasteiger partial charge in [-0.05, 0) is 29.0 Å². The summed E-state index contributed by atoms with van der Waals surface area (Å²) in [6, 6.07) is 16.2. The van der Waals surface area contributed by atoms with Crippen molar-refractivity contribution in [3.8, 4) is 10.4 Å². The highest BCUT2D eigenvalue weighted by atomic mass is 32.1. The van der Waals surface area contributed by atoms with Crippen LogP contribution in [0.5, 0.6) is 0 Å². The number of hydrogen-bond donors (Lipinski definition) is 4. The van der Waals surface area contributed by atoms with Crippen LogP contribution in [0.25, 0.3) is 10.4 Å². The van der Waals surface area contributed by atoms with Crippen LogP contribution in [0.3, 0.4) is 0 Å². The number of aromatic nitrogens is 1. The van der Waals surface area contributed by atoms with E-state index in [4.69, 9.17) is 5.84 Å². The summed E-state index contributed by atoms with van der Waals surface area (Å²) in [5.74, 6) is 5.68. The summed E-state index contributed by atoms with van der Waals surface area (Å²) in [6.45, 7) is 4.20. The van der Waals surface area contributed by atoms with Gasteiger partial charge in [0.2, 0.25) is 5.91 Å². The molecule has 1 heterocycles. The molecule has 37 heavy (non-hydrogen) atoms. The highest BCUT2D eigenvalue weighted by molar-refractivity contribution is 7.13. The molecule has 1 aromatic heterocycles. The molecule has 2 aromatic carbocycles. The summed E-state index contributed by atoms with van der Waals surface area (Å²) < 4.78 is 4.66. The zero-order valence-electron chi connectivity index (χ0n) is 21.3. The third-order valence-electron chi connectivity index (χ3n) is 5.98. The second kappa shape index (κ2) is 13.8. The molecule has 198 valence electrons. The molecule has 0 aliphatic carbocycles. The molecule has 5 N–H and O–H groups in total. The molecule has 3 atom stereocenters. The molecular formula is C27H35N5O4S. The van der Waals surface area contributed by atoms with Gasteiger partial charge in [0.25, 0.3) is 0 Å². The van der Waals surface area contributed by atoms with E-state index in [1.54, 1.807) is 16.8 Å². The Balaban J connectivity index is 1.67. The number of thiazole rings is 1. The lowest BCUT2D eigenvalue weighted by Gasteiger charge is -2.30. The van der Waals surface area contributed by atoms with E-state index in [2.05, 4.69) is 20.4 Å². The maximum Gasteiger partial charge on any atom is 0.407 e. The second-order valence-electron chi connectivity index (χ2n) is 9.22. The normalized spacial score (nSPS) is 13.7. The molecule has 9 nitrogen and oxygen atoms in total. The number of rotatable bonds is 12. The molecule has 0 aliphatic heterocycles. The van der Waals surface area contributed by atoms with Crippen molar-refractivity contribution in [1.29, 1.82) is 0 Å². The van der Waals surface area contributed by atoms with E-state index in [1.807, 2.05) is 74.6 Å². The van der Waals surface area contributed by atoms with Crippen LogP contribution >= 0.6 is 11.3 Å². The lowest BCUT2D eigenvalue weighted by atomic mass is 9.98. The predicted octanol–water partition coefficient (Wildman–Crippen LogP) is 2.95. The Labute approximate surface area is 221 Å². The van der Waals surface area contributed by atoms with E-state index < -0.39 is 30.2 Å². The molecule has 3 aromatic rings. The zero-order chi connectivity index (χ0) is 26.8. The van der Waals surface area contributed by atoms with Crippen molar-refractivity contribution >= 4 is 23.3 Å². The van der Waals surface area contributed by atoms with Crippen LogP contribution in [0.2, 0.25) is 0 Å². The highest BCUT2D eigenvalue weighted by Gasteiger charge is 2.30. The molecule has 0 bridgehead atoms. The smallest absolute Gasteiger partial charge is 0.407 e. The lowest BCUT2D eigenvalue weighted by Crippen LogP contribution is -2.56. The first-order valence-electron chi connectivity index (χ1n) is 12.1. The molecule has 0 aliphatic rings. The Morgan fingerprint density at radius 3 is 2.38 bits per heavy atom. The Morgan fingerprint density at radius 1 is 1.08 bits per heavy atom. The molecule has 0 spiro atoms. The number of amides is 2. The molecule has 0 fully saturated rings. The summed E-state index contributed by atoms with van der Waals surface area (Å²) in [4.78, 5) is 30.1. The molecule has 10 heteroatoms. The quantitative estimate of drug-likeness (QED) is 0.211. The molecule has 2 unspecified atom stereocenters. The SMILES string of the molecule is COC(=O)N[C@H](C(=O)NC(Cc1ccccc1)C(O)CN(N)Cc1ccc(-c2cncs2)cc1)C(C)C. The largest absolute Gasteiger partial charge is 0.453 e. The van der Waals surface area contributed by atoms with Gasteiger partial charge in [0.05, 0.1) is 29.6 Å². The Kier molecular flexibility index (Phi) is 10.6. The number of hydrazine groups is 1. The van der Waals surface area contributed by atoms with Gasteiger partial charge in [0.1, 0.15) is 6.04 Å². The number of nitrogens with one attached hydrogen (secondary N) is 2. The fourth-order valence-electron chi connectivity index (χ4n) is 3.94. The molecule has 2 amide bonds. The first-order chi connectivity index (χ1) is 17.8. The standard InChI is InChI=1S/C27H35N5O4S/c1-18(2)25(31-27(35)36-3)26(34)30-22(13-19-7-5-4-6-8-19)23(33)16-32(28)15-20-9-11-21(12-10-20)24-14-29-17-37-24/h4-12,14,17-18,22-23,25,33H,13,15-16,28H2,1-3H3,(H,30,34)(H,31,35)/t22?,23?,25-/m0/s1. The molecule has 0 saturated heterocycles. The number of ether oxygens (including phenoxy) is 1. The van der Waals surface area contributed by atoms with Crippen molar-refractivity contribution in [3.63, 3.8) is 0 Å². The average Bonchev–Trinajstić information content (AvgIpc) is 3.42. The maximum atomic E-state index is 13.1. The van der Waals surface area contributed by atoms with Crippen LogP contribution in [0.15, 0.2) is 66.3 Å². The van der Waals surface area contributed by atoms with Crippen LogP contribution in [0.1, 0.15) is 25.0 Å². The predicted molar refractivity (Wildman–Crippen MR) is 144 cm³/mol. The van der Waals surface area contributed by atoms with Gasteiger partial charge in [-0.1, -0.05) is 68.4 Å². The minimum Gasteiger partial charge on any atom is -0.453 e. The zero-order valence-corrected chi connectivity index (χ0v) is 22.2. The number of carbonyl (C=O) groups excluding carboxylic acids is 2. The Hall–Kier alpha value is -3.31. The molecule has 0 saturated carbocycles. The van der Waals surface area contributed by atoms with Crippen molar-refractivity contribution in [1.82, 2.24) is 20.6 Å². The number of hydrogen-bond acceptors (Lipinski definition) is 8. The summed E-state index contributed by atoms with van der Waals surface area (Å²) >= 11 is 1.58.